The summed E-state index contributed by atoms with van der Waals surface area (Å²) in [6.07, 6.45) is 0.747. The number of benzene rings is 1. The molecule has 0 spiro atoms. The van der Waals surface area contributed by atoms with Crippen LogP contribution in [0.5, 0.6) is 5.75 Å². The van der Waals surface area contributed by atoms with E-state index < -0.39 is 5.97 Å². The molecule has 1 rings (SSSR count). The highest BCUT2D eigenvalue weighted by Gasteiger charge is 2.13. The molecule has 0 heterocycles. The molecule has 0 aliphatic carbocycles. The fourth-order valence-corrected chi connectivity index (χ4v) is 1.52. The molecule has 1 aromatic rings. The van der Waals surface area contributed by atoms with Crippen LogP contribution in [0.3, 0.4) is 0 Å². The van der Waals surface area contributed by atoms with Gasteiger partial charge in [-0.05, 0) is 31.2 Å². The van der Waals surface area contributed by atoms with Crippen molar-refractivity contribution >= 4 is 21.9 Å². The summed E-state index contributed by atoms with van der Waals surface area (Å²) < 4.78 is 10.9. The monoisotopic (exact) mass is 287 g/mol. The minimum absolute atomic E-state index is 0.411. The van der Waals surface area contributed by atoms with E-state index in [1.165, 1.54) is 7.11 Å². The molecule has 0 atom stereocenters. The Morgan fingerprint density at radius 1 is 1.50 bits per heavy atom. The van der Waals surface area contributed by atoms with Crippen molar-refractivity contribution in [1.82, 2.24) is 0 Å². The summed E-state index contributed by atoms with van der Waals surface area (Å²) in [6, 6.07) is 5.21. The minimum atomic E-state index is -0.413. The Balaban J connectivity index is 2.85. The van der Waals surface area contributed by atoms with Gasteiger partial charge in [-0.1, -0.05) is 15.9 Å². The van der Waals surface area contributed by atoms with Crippen molar-refractivity contribution in [3.63, 3.8) is 0 Å². The second kappa shape index (κ2) is 6.50. The summed E-state index contributed by atoms with van der Waals surface area (Å²) in [7, 11) is 1.34. The Morgan fingerprint density at radius 2 is 2.25 bits per heavy atom. The van der Waals surface area contributed by atoms with Gasteiger partial charge in [0, 0.05) is 4.47 Å². The fraction of sp³-hybridized carbons (Fsp3) is 0.364. The molecule has 4 nitrogen and oxygen atoms in total. The van der Waals surface area contributed by atoms with Gasteiger partial charge in [0.2, 0.25) is 0 Å². The molecule has 1 aromatic carbocycles. The van der Waals surface area contributed by atoms with Crippen LogP contribution in [0.4, 0.5) is 0 Å². The first-order chi connectivity index (χ1) is 7.69. The van der Waals surface area contributed by atoms with Gasteiger partial charge in [0.15, 0.2) is 0 Å². The van der Waals surface area contributed by atoms with Gasteiger partial charge >= 0.3 is 5.97 Å². The van der Waals surface area contributed by atoms with E-state index in [1.807, 2.05) is 6.07 Å². The Bertz CT molecular complexity index is 368. The smallest absolute Gasteiger partial charge is 0.341 e. The number of nitrogens with two attached hydrogens (primary N) is 1. The number of carbonyl (C=O) groups is 1. The molecule has 88 valence electrons. The van der Waals surface area contributed by atoms with E-state index in [9.17, 15) is 4.79 Å². The lowest BCUT2D eigenvalue weighted by Crippen LogP contribution is -2.09. The van der Waals surface area contributed by atoms with E-state index in [0.717, 1.165) is 10.9 Å². The predicted octanol–water partition coefficient (Wildman–Crippen LogP) is 1.96. The van der Waals surface area contributed by atoms with E-state index in [4.69, 9.17) is 10.5 Å². The molecule has 5 heteroatoms. The van der Waals surface area contributed by atoms with E-state index in [-0.39, 0.29) is 0 Å². The number of halogens is 1. The van der Waals surface area contributed by atoms with Gasteiger partial charge in [0.1, 0.15) is 11.3 Å². The Kier molecular flexibility index (Phi) is 5.28. The highest BCUT2D eigenvalue weighted by atomic mass is 79.9. The molecule has 0 saturated carbocycles. The van der Waals surface area contributed by atoms with Gasteiger partial charge in [-0.2, -0.15) is 0 Å². The summed E-state index contributed by atoms with van der Waals surface area (Å²) in [5.41, 5.74) is 5.77. The average Bonchev–Trinajstić information content (AvgIpc) is 2.30. The number of carbonyl (C=O) groups excluding carboxylic acids is 1. The summed E-state index contributed by atoms with van der Waals surface area (Å²) in [6.45, 7) is 1.05. The number of methoxy groups -OCH3 is 1. The van der Waals surface area contributed by atoms with Gasteiger partial charge in [-0.15, -0.1) is 0 Å². The zero-order valence-electron chi connectivity index (χ0n) is 9.03. The van der Waals surface area contributed by atoms with Crippen molar-refractivity contribution in [2.45, 2.75) is 6.42 Å². The number of hydrogen-bond donors (Lipinski definition) is 1. The van der Waals surface area contributed by atoms with Crippen molar-refractivity contribution in [2.75, 3.05) is 20.3 Å². The van der Waals surface area contributed by atoms with Crippen molar-refractivity contribution in [3.8, 4) is 5.75 Å². The Morgan fingerprint density at radius 3 is 2.88 bits per heavy atom. The quantitative estimate of drug-likeness (QED) is 0.664. The van der Waals surface area contributed by atoms with E-state index in [2.05, 4.69) is 20.7 Å². The second-order valence-electron chi connectivity index (χ2n) is 3.12. The van der Waals surface area contributed by atoms with Gasteiger partial charge in [0.05, 0.1) is 13.7 Å². The number of rotatable bonds is 5. The van der Waals surface area contributed by atoms with Crippen LogP contribution in [0.25, 0.3) is 0 Å². The van der Waals surface area contributed by atoms with Gasteiger partial charge < -0.3 is 15.2 Å². The average molecular weight is 288 g/mol. The molecule has 0 fully saturated rings. The molecule has 0 amide bonds. The molecule has 0 aliphatic rings. The third-order valence-electron chi connectivity index (χ3n) is 1.95. The number of esters is 1. The summed E-state index contributed by atoms with van der Waals surface area (Å²) in [4.78, 5) is 11.5. The molecular formula is C11H14BrNO3. The second-order valence-corrected chi connectivity index (χ2v) is 4.04. The van der Waals surface area contributed by atoms with Crippen LogP contribution in [-0.2, 0) is 4.74 Å². The van der Waals surface area contributed by atoms with Crippen molar-refractivity contribution in [2.24, 2.45) is 5.73 Å². The Hall–Kier alpha value is -1.07. The van der Waals surface area contributed by atoms with Crippen LogP contribution in [0, 0.1) is 0 Å². The molecule has 0 radical (unpaired) electrons. The largest absolute Gasteiger partial charge is 0.493 e. The van der Waals surface area contributed by atoms with Crippen molar-refractivity contribution in [1.29, 1.82) is 0 Å². The number of ether oxygens (including phenoxy) is 2. The van der Waals surface area contributed by atoms with Crippen LogP contribution in [0.1, 0.15) is 16.8 Å². The molecule has 0 aromatic heterocycles. The lowest BCUT2D eigenvalue weighted by atomic mass is 10.2. The van der Waals surface area contributed by atoms with Crippen molar-refractivity contribution < 1.29 is 14.3 Å². The molecule has 0 unspecified atom stereocenters. The van der Waals surface area contributed by atoms with Crippen LogP contribution < -0.4 is 10.5 Å². The van der Waals surface area contributed by atoms with Crippen LogP contribution in [-0.4, -0.2) is 26.2 Å². The highest BCUT2D eigenvalue weighted by Crippen LogP contribution is 2.24. The van der Waals surface area contributed by atoms with Crippen LogP contribution in [0.15, 0.2) is 22.7 Å². The zero-order chi connectivity index (χ0) is 12.0. The predicted molar refractivity (Wildman–Crippen MR) is 64.6 cm³/mol. The fourth-order valence-electron chi connectivity index (χ4n) is 1.16. The Labute approximate surface area is 103 Å². The maximum Gasteiger partial charge on any atom is 0.341 e. The molecular weight excluding hydrogens is 274 g/mol. The maximum atomic E-state index is 11.5. The lowest BCUT2D eigenvalue weighted by molar-refractivity contribution is 0.0596. The van der Waals surface area contributed by atoms with E-state index >= 15 is 0 Å². The summed E-state index contributed by atoms with van der Waals surface area (Å²) in [5, 5.41) is 0. The van der Waals surface area contributed by atoms with E-state index in [1.54, 1.807) is 12.1 Å². The number of hydrogen-bond acceptors (Lipinski definition) is 4. The van der Waals surface area contributed by atoms with Gasteiger partial charge in [-0.25, -0.2) is 4.79 Å². The third-order valence-corrected chi connectivity index (χ3v) is 2.45. The molecule has 2 N–H and O–H groups in total. The first kappa shape index (κ1) is 13.0. The zero-order valence-corrected chi connectivity index (χ0v) is 10.6. The first-order valence-electron chi connectivity index (χ1n) is 4.89. The van der Waals surface area contributed by atoms with Gasteiger partial charge in [0.25, 0.3) is 0 Å². The van der Waals surface area contributed by atoms with Gasteiger partial charge in [-0.3, -0.25) is 0 Å². The normalized spacial score (nSPS) is 9.94. The van der Waals surface area contributed by atoms with Crippen molar-refractivity contribution in [3.05, 3.63) is 28.2 Å². The molecule has 0 saturated heterocycles. The SMILES string of the molecule is COC(=O)c1cc(Br)ccc1OCCCN. The summed E-state index contributed by atoms with van der Waals surface area (Å²) in [5.74, 6) is 0.104. The lowest BCUT2D eigenvalue weighted by Gasteiger charge is -2.10. The third kappa shape index (κ3) is 3.50. The molecule has 16 heavy (non-hydrogen) atoms. The minimum Gasteiger partial charge on any atom is -0.493 e. The maximum absolute atomic E-state index is 11.5. The first-order valence-corrected chi connectivity index (χ1v) is 5.69. The molecule has 0 aliphatic heterocycles. The highest BCUT2D eigenvalue weighted by molar-refractivity contribution is 9.10. The van der Waals surface area contributed by atoms with E-state index in [0.29, 0.717) is 24.5 Å². The molecule has 0 bridgehead atoms. The van der Waals surface area contributed by atoms with Crippen LogP contribution in [0.2, 0.25) is 0 Å². The topological polar surface area (TPSA) is 61.5 Å². The summed E-state index contributed by atoms with van der Waals surface area (Å²) >= 11 is 3.29. The van der Waals surface area contributed by atoms with Crippen LogP contribution >= 0.6 is 15.9 Å². The standard InChI is InChI=1S/C11H14BrNO3/c1-15-11(14)9-7-8(12)3-4-10(9)16-6-2-5-13/h3-4,7H,2,5-6,13H2,1H3.